The Morgan fingerprint density at radius 3 is 2.43 bits per heavy atom. The second-order valence-corrected chi connectivity index (χ2v) is 9.03. The van der Waals surface area contributed by atoms with E-state index in [1.165, 1.54) is 5.01 Å². The first-order valence-corrected chi connectivity index (χ1v) is 12.0. The molecule has 35 heavy (non-hydrogen) atoms. The summed E-state index contributed by atoms with van der Waals surface area (Å²) in [7, 11) is 1.70. The number of benzene rings is 2. The number of fused-ring (bicyclic) bond motifs is 1. The predicted molar refractivity (Wildman–Crippen MR) is 132 cm³/mol. The average molecular weight is 480 g/mol. The number of nitrogens with zero attached hydrogens (tertiary/aromatic N) is 5. The van der Waals surface area contributed by atoms with Crippen LogP contribution in [0.1, 0.15) is 25.0 Å². The van der Waals surface area contributed by atoms with Gasteiger partial charge in [-0.15, -0.1) is 0 Å². The lowest BCUT2D eigenvalue weighted by Crippen LogP contribution is -2.74. The van der Waals surface area contributed by atoms with Gasteiger partial charge in [-0.25, -0.2) is 5.01 Å². The molecule has 1 unspecified atom stereocenters. The van der Waals surface area contributed by atoms with Crippen molar-refractivity contribution >= 4 is 23.9 Å². The van der Waals surface area contributed by atoms with Gasteiger partial charge < -0.3 is 19.8 Å². The molecule has 0 spiro atoms. The minimum atomic E-state index is -0.743. The molecule has 0 saturated carbocycles. The fourth-order valence-electron chi connectivity index (χ4n) is 5.05. The fourth-order valence-corrected chi connectivity index (χ4v) is 5.05. The second kappa shape index (κ2) is 10.4. The number of anilines is 1. The molecular weight excluding hydrogens is 446 g/mol. The molecule has 9 nitrogen and oxygen atoms in total. The smallest absolute Gasteiger partial charge is 0.246 e. The predicted octanol–water partition coefficient (Wildman–Crippen LogP) is 1.67. The van der Waals surface area contributed by atoms with Gasteiger partial charge in [0.1, 0.15) is 18.0 Å². The highest BCUT2D eigenvalue weighted by atomic mass is 16.3. The number of likely N-dealkylation sites (N-methyl/N-ethyl adjacent to an activating group) is 1. The largest absolute Gasteiger partial charge is 0.508 e. The van der Waals surface area contributed by atoms with E-state index in [0.717, 1.165) is 36.3 Å². The Morgan fingerprint density at radius 1 is 1.06 bits per heavy atom. The Morgan fingerprint density at radius 2 is 1.77 bits per heavy atom. The Balaban J connectivity index is 1.66. The van der Waals surface area contributed by atoms with Gasteiger partial charge in [0.15, 0.2) is 0 Å². The molecule has 0 radical (unpaired) electrons. The fraction of sp³-hybridized carbons (Fsp3) is 0.423. The monoisotopic (exact) mass is 479 g/mol. The molecule has 186 valence electrons. The van der Waals surface area contributed by atoms with Crippen LogP contribution in [0.3, 0.4) is 0 Å². The summed E-state index contributed by atoms with van der Waals surface area (Å²) < 4.78 is 0. The molecule has 3 amide bonds. The summed E-state index contributed by atoms with van der Waals surface area (Å²) in [6.07, 6.45) is 0.439. The van der Waals surface area contributed by atoms with Crippen molar-refractivity contribution in [1.29, 1.82) is 0 Å². The normalized spacial score (nSPS) is 20.7. The van der Waals surface area contributed by atoms with E-state index in [9.17, 15) is 19.5 Å². The van der Waals surface area contributed by atoms with Crippen LogP contribution in [0.15, 0.2) is 48.5 Å². The quantitative estimate of drug-likeness (QED) is 0.580. The van der Waals surface area contributed by atoms with Crippen LogP contribution in [0.25, 0.3) is 0 Å². The van der Waals surface area contributed by atoms with Gasteiger partial charge in [-0.2, -0.15) is 0 Å². The molecule has 2 aromatic carbocycles. The lowest BCUT2D eigenvalue weighted by atomic mass is 9.98. The molecule has 0 aromatic heterocycles. The third-order valence-electron chi connectivity index (χ3n) is 6.87. The van der Waals surface area contributed by atoms with Crippen molar-refractivity contribution in [2.75, 3.05) is 38.1 Å². The van der Waals surface area contributed by atoms with Gasteiger partial charge in [-0.05, 0) is 49.2 Å². The van der Waals surface area contributed by atoms with Gasteiger partial charge in [0.2, 0.25) is 18.2 Å². The molecule has 9 heteroatoms. The molecule has 2 aliphatic rings. The Bertz CT molecular complexity index is 1070. The van der Waals surface area contributed by atoms with Crippen LogP contribution < -0.4 is 4.90 Å². The topological polar surface area (TPSA) is 87.6 Å². The molecule has 4 rings (SSSR count). The summed E-state index contributed by atoms with van der Waals surface area (Å²) >= 11 is 0. The Kier molecular flexibility index (Phi) is 7.25. The van der Waals surface area contributed by atoms with Gasteiger partial charge in [0.25, 0.3) is 0 Å². The number of phenols is 1. The zero-order valence-electron chi connectivity index (χ0n) is 20.5. The van der Waals surface area contributed by atoms with Gasteiger partial charge in [-0.3, -0.25) is 19.4 Å². The second-order valence-electron chi connectivity index (χ2n) is 9.03. The summed E-state index contributed by atoms with van der Waals surface area (Å²) in [6, 6.07) is 14.0. The van der Waals surface area contributed by atoms with E-state index in [2.05, 4.69) is 30.9 Å². The van der Waals surface area contributed by atoms with E-state index in [0.29, 0.717) is 13.0 Å². The van der Waals surface area contributed by atoms with Crippen LogP contribution >= 0.6 is 0 Å². The number of carbonyl (C=O) groups excluding carboxylic acids is 3. The molecule has 2 aromatic rings. The highest BCUT2D eigenvalue weighted by Gasteiger charge is 2.48. The number of piperazine rings is 1. The van der Waals surface area contributed by atoms with E-state index in [1.807, 2.05) is 12.1 Å². The van der Waals surface area contributed by atoms with E-state index < -0.39 is 12.2 Å². The third-order valence-corrected chi connectivity index (χ3v) is 6.87. The zero-order chi connectivity index (χ0) is 25.1. The maximum atomic E-state index is 13.8. The molecule has 2 saturated heterocycles. The van der Waals surface area contributed by atoms with Gasteiger partial charge in [-0.1, -0.05) is 24.3 Å². The lowest BCUT2D eigenvalue weighted by Gasteiger charge is -2.53. The van der Waals surface area contributed by atoms with Crippen molar-refractivity contribution < 1.29 is 19.5 Å². The number of hydrogen-bond acceptors (Lipinski definition) is 6. The van der Waals surface area contributed by atoms with E-state index in [-0.39, 0.29) is 30.7 Å². The Hall–Kier alpha value is -3.59. The van der Waals surface area contributed by atoms with Crippen molar-refractivity contribution in [3.63, 3.8) is 0 Å². The molecule has 1 N–H and O–H groups in total. The van der Waals surface area contributed by atoms with Crippen molar-refractivity contribution in [1.82, 2.24) is 19.8 Å². The van der Waals surface area contributed by atoms with Crippen LogP contribution in [0, 0.1) is 0 Å². The lowest BCUT2D eigenvalue weighted by molar-refractivity contribution is -0.196. The maximum absolute atomic E-state index is 13.8. The Labute approximate surface area is 206 Å². The summed E-state index contributed by atoms with van der Waals surface area (Å²) in [5.74, 6) is -0.193. The van der Waals surface area contributed by atoms with Crippen LogP contribution in [0.5, 0.6) is 5.75 Å². The van der Waals surface area contributed by atoms with E-state index in [4.69, 9.17) is 0 Å². The van der Waals surface area contributed by atoms with Crippen molar-refractivity contribution in [3.8, 4) is 5.75 Å². The average Bonchev–Trinajstić information content (AvgIpc) is 2.84. The summed E-state index contributed by atoms with van der Waals surface area (Å²) in [5.41, 5.74) is 2.92. The first kappa shape index (κ1) is 24.5. The molecule has 0 aliphatic carbocycles. The molecule has 2 fully saturated rings. The van der Waals surface area contributed by atoms with Crippen LogP contribution in [-0.2, 0) is 27.3 Å². The summed E-state index contributed by atoms with van der Waals surface area (Å²) in [6.45, 7) is 6.63. The first-order valence-electron chi connectivity index (χ1n) is 12.0. The molecule has 2 atom stereocenters. The third kappa shape index (κ3) is 4.95. The van der Waals surface area contributed by atoms with Crippen molar-refractivity contribution in [2.45, 2.75) is 39.0 Å². The number of amides is 3. The molecule has 2 aliphatic heterocycles. The van der Waals surface area contributed by atoms with Crippen molar-refractivity contribution in [3.05, 3.63) is 59.7 Å². The zero-order valence-corrected chi connectivity index (χ0v) is 20.5. The number of phenolic OH excluding ortho intramolecular Hbond substituents is 1. The number of hydrogen-bond donors (Lipinski definition) is 1. The number of carbonyl (C=O) groups is 3. The minimum Gasteiger partial charge on any atom is -0.508 e. The van der Waals surface area contributed by atoms with Crippen molar-refractivity contribution in [2.24, 2.45) is 0 Å². The summed E-state index contributed by atoms with van der Waals surface area (Å²) in [5, 5.41) is 12.7. The highest BCUT2D eigenvalue weighted by Crippen LogP contribution is 2.28. The van der Waals surface area contributed by atoms with Gasteiger partial charge in [0.05, 0.1) is 13.1 Å². The minimum absolute atomic E-state index is 0.0283. The van der Waals surface area contributed by atoms with Crippen LogP contribution in [-0.4, -0.2) is 88.6 Å². The SMILES string of the molecule is CCN(CC)c1cccc(CN2CC3N(C(=O)CN(C)N3C=O)[C@@H](Cc3ccc(O)cc3)C2=O)c1. The molecular formula is C26H33N5O4. The molecule has 0 bridgehead atoms. The van der Waals surface area contributed by atoms with Crippen LogP contribution in [0.4, 0.5) is 5.69 Å². The standard InChI is InChI=1S/C26H33N5O4/c1-4-28(5-2)21-8-6-7-20(13-21)15-29-16-24-30(18-32)27(3)17-25(34)31(24)23(26(29)35)14-19-9-11-22(33)12-10-19/h6-13,18,23-24,33H,4-5,14-17H2,1-3H3/t23-,24?/m0/s1. The van der Waals surface area contributed by atoms with Gasteiger partial charge in [0, 0.05) is 38.8 Å². The first-order chi connectivity index (χ1) is 16.9. The maximum Gasteiger partial charge on any atom is 0.246 e. The summed E-state index contributed by atoms with van der Waals surface area (Å²) in [4.78, 5) is 44.4. The number of hydrazine groups is 1. The molecule has 2 heterocycles. The number of aromatic hydroxyl groups is 1. The van der Waals surface area contributed by atoms with Gasteiger partial charge >= 0.3 is 0 Å². The number of rotatable bonds is 8. The van der Waals surface area contributed by atoms with E-state index >= 15 is 0 Å². The van der Waals surface area contributed by atoms with E-state index in [1.54, 1.807) is 46.1 Å². The highest BCUT2D eigenvalue weighted by molar-refractivity contribution is 5.91. The van der Waals surface area contributed by atoms with Crippen LogP contribution in [0.2, 0.25) is 0 Å².